The van der Waals surface area contributed by atoms with Crippen molar-refractivity contribution in [3.8, 4) is 11.8 Å². The molecule has 0 aliphatic rings. The molecule has 6 heteroatoms. The summed E-state index contributed by atoms with van der Waals surface area (Å²) >= 11 is 0. The van der Waals surface area contributed by atoms with Crippen molar-refractivity contribution in [2.75, 3.05) is 13.7 Å². The van der Waals surface area contributed by atoms with E-state index in [0.717, 1.165) is 5.56 Å². The van der Waals surface area contributed by atoms with Crippen LogP contribution in [-0.2, 0) is 14.3 Å². The van der Waals surface area contributed by atoms with Gasteiger partial charge in [-0.25, -0.2) is 4.79 Å². The molecule has 106 valence electrons. The summed E-state index contributed by atoms with van der Waals surface area (Å²) in [5.41, 5.74) is 1.29. The Hall–Kier alpha value is -2.55. The Kier molecular flexibility index (Phi) is 5.54. The molecule has 0 saturated carbocycles. The second-order valence-electron chi connectivity index (χ2n) is 4.18. The molecule has 0 saturated heterocycles. The Labute approximate surface area is 117 Å². The zero-order valence-corrected chi connectivity index (χ0v) is 11.6. The van der Waals surface area contributed by atoms with Crippen molar-refractivity contribution in [2.24, 2.45) is 0 Å². The third-order valence-corrected chi connectivity index (χ3v) is 2.59. The second-order valence-corrected chi connectivity index (χ2v) is 4.18. The van der Waals surface area contributed by atoms with Gasteiger partial charge in [-0.05, 0) is 24.6 Å². The number of nitriles is 1. The summed E-state index contributed by atoms with van der Waals surface area (Å²) in [4.78, 5) is 22.5. The maximum absolute atomic E-state index is 11.5. The summed E-state index contributed by atoms with van der Waals surface area (Å²) in [6, 6.07) is 6.13. The third kappa shape index (κ3) is 4.28. The Bertz CT molecular complexity index is 549. The fourth-order valence-electron chi connectivity index (χ4n) is 1.55. The van der Waals surface area contributed by atoms with Gasteiger partial charge in [-0.2, -0.15) is 5.26 Å². The lowest BCUT2D eigenvalue weighted by molar-refractivity contribution is -0.145. The van der Waals surface area contributed by atoms with E-state index in [1.165, 1.54) is 14.0 Å². The number of hydrogen-bond acceptors (Lipinski definition) is 5. The normalized spacial score (nSPS) is 11.1. The highest BCUT2D eigenvalue weighted by Crippen LogP contribution is 2.19. The van der Waals surface area contributed by atoms with E-state index in [0.29, 0.717) is 11.3 Å². The molecule has 0 radical (unpaired) electrons. The molecule has 1 amide bonds. The van der Waals surface area contributed by atoms with Crippen LogP contribution in [0.25, 0.3) is 0 Å². The maximum Gasteiger partial charge on any atom is 0.331 e. The third-order valence-electron chi connectivity index (χ3n) is 2.59. The smallest absolute Gasteiger partial charge is 0.331 e. The van der Waals surface area contributed by atoms with Crippen LogP contribution in [0.4, 0.5) is 0 Å². The maximum atomic E-state index is 11.5. The lowest BCUT2D eigenvalue weighted by Gasteiger charge is -2.17. The molecule has 0 heterocycles. The van der Waals surface area contributed by atoms with Crippen LogP contribution in [0.15, 0.2) is 18.2 Å². The van der Waals surface area contributed by atoms with E-state index < -0.39 is 12.0 Å². The fourth-order valence-corrected chi connectivity index (χ4v) is 1.55. The van der Waals surface area contributed by atoms with Gasteiger partial charge >= 0.3 is 5.97 Å². The quantitative estimate of drug-likeness (QED) is 0.808. The summed E-state index contributed by atoms with van der Waals surface area (Å²) in [7, 11) is 1.23. The number of benzene rings is 1. The van der Waals surface area contributed by atoms with Crippen LogP contribution < -0.4 is 10.1 Å². The molecule has 0 spiro atoms. The molecule has 1 aromatic carbocycles. The van der Waals surface area contributed by atoms with Gasteiger partial charge in [0.2, 0.25) is 5.91 Å². The van der Waals surface area contributed by atoms with Gasteiger partial charge in [0, 0.05) is 6.92 Å². The van der Waals surface area contributed by atoms with Crippen molar-refractivity contribution in [1.29, 1.82) is 5.26 Å². The van der Waals surface area contributed by atoms with E-state index in [1.54, 1.807) is 18.2 Å². The van der Waals surface area contributed by atoms with Gasteiger partial charge in [0.1, 0.15) is 12.4 Å². The molecule has 1 unspecified atom stereocenters. The van der Waals surface area contributed by atoms with Crippen molar-refractivity contribution < 1.29 is 19.1 Å². The van der Waals surface area contributed by atoms with Gasteiger partial charge in [0.15, 0.2) is 6.04 Å². The van der Waals surface area contributed by atoms with E-state index in [9.17, 15) is 9.59 Å². The number of esters is 1. The summed E-state index contributed by atoms with van der Waals surface area (Å²) in [6.07, 6.45) is 0. The molecule has 0 aromatic heterocycles. The Morgan fingerprint density at radius 1 is 1.45 bits per heavy atom. The first-order chi connectivity index (χ1) is 9.47. The van der Waals surface area contributed by atoms with E-state index in [1.807, 2.05) is 13.0 Å². The molecular weight excluding hydrogens is 260 g/mol. The van der Waals surface area contributed by atoms with Gasteiger partial charge in [-0.15, -0.1) is 0 Å². The first kappa shape index (κ1) is 15.5. The largest absolute Gasteiger partial charge is 0.490 e. The number of methoxy groups -OCH3 is 1. The van der Waals surface area contributed by atoms with Gasteiger partial charge < -0.3 is 14.8 Å². The highest BCUT2D eigenvalue weighted by molar-refractivity contribution is 5.83. The van der Waals surface area contributed by atoms with Gasteiger partial charge in [0.05, 0.1) is 18.7 Å². The number of amides is 1. The number of hydrogen-bond donors (Lipinski definition) is 1. The van der Waals surface area contributed by atoms with Crippen LogP contribution in [-0.4, -0.2) is 31.6 Å². The standard InChI is InChI=1S/C14H16N2O4/c1-9-4-5-11(7-15)6-13(9)20-8-12(14(18)19-3)16-10(2)17/h4-6,12H,8H2,1-3H3,(H,16,17). The average Bonchev–Trinajstić information content (AvgIpc) is 2.43. The molecule has 1 rings (SSSR count). The highest BCUT2D eigenvalue weighted by Gasteiger charge is 2.21. The molecule has 0 fully saturated rings. The minimum Gasteiger partial charge on any atom is -0.490 e. The molecule has 20 heavy (non-hydrogen) atoms. The first-order valence-electron chi connectivity index (χ1n) is 5.96. The molecule has 1 aromatic rings. The topological polar surface area (TPSA) is 88.4 Å². The summed E-state index contributed by atoms with van der Waals surface area (Å²) in [5.74, 6) is -0.455. The van der Waals surface area contributed by atoms with Crippen molar-refractivity contribution in [3.05, 3.63) is 29.3 Å². The summed E-state index contributed by atoms with van der Waals surface area (Å²) in [5, 5.41) is 11.3. The minimum atomic E-state index is -0.886. The lowest BCUT2D eigenvalue weighted by atomic mass is 10.1. The Balaban J connectivity index is 2.79. The van der Waals surface area contributed by atoms with E-state index in [2.05, 4.69) is 10.1 Å². The van der Waals surface area contributed by atoms with Crippen LogP contribution in [0.5, 0.6) is 5.75 Å². The number of rotatable bonds is 5. The van der Waals surface area contributed by atoms with Crippen LogP contribution in [0.2, 0.25) is 0 Å². The number of carbonyl (C=O) groups excluding carboxylic acids is 2. The monoisotopic (exact) mass is 276 g/mol. The summed E-state index contributed by atoms with van der Waals surface area (Å²) in [6.45, 7) is 3.06. The van der Waals surface area contributed by atoms with Gasteiger partial charge in [-0.1, -0.05) is 6.07 Å². The van der Waals surface area contributed by atoms with Crippen LogP contribution in [0, 0.1) is 18.3 Å². The van der Waals surface area contributed by atoms with Gasteiger partial charge in [-0.3, -0.25) is 4.79 Å². The number of carbonyl (C=O) groups is 2. The second kappa shape index (κ2) is 7.14. The highest BCUT2D eigenvalue weighted by atomic mass is 16.5. The molecular formula is C14H16N2O4. The predicted octanol–water partition coefficient (Wildman–Crippen LogP) is 0.923. The molecule has 1 N–H and O–H groups in total. The van der Waals surface area contributed by atoms with Crippen molar-refractivity contribution in [1.82, 2.24) is 5.32 Å². The van der Waals surface area contributed by atoms with E-state index in [4.69, 9.17) is 10.00 Å². The number of ether oxygens (including phenoxy) is 2. The predicted molar refractivity (Wildman–Crippen MR) is 71.0 cm³/mol. The first-order valence-corrected chi connectivity index (χ1v) is 5.96. The fraction of sp³-hybridized carbons (Fsp3) is 0.357. The van der Waals surface area contributed by atoms with E-state index >= 15 is 0 Å². The lowest BCUT2D eigenvalue weighted by Crippen LogP contribution is -2.44. The Morgan fingerprint density at radius 3 is 2.70 bits per heavy atom. The molecule has 0 aliphatic heterocycles. The van der Waals surface area contributed by atoms with Crippen LogP contribution >= 0.6 is 0 Å². The number of nitrogens with one attached hydrogen (secondary N) is 1. The van der Waals surface area contributed by atoms with Crippen molar-refractivity contribution in [3.63, 3.8) is 0 Å². The molecule has 6 nitrogen and oxygen atoms in total. The van der Waals surface area contributed by atoms with Gasteiger partial charge in [0.25, 0.3) is 0 Å². The van der Waals surface area contributed by atoms with Crippen LogP contribution in [0.3, 0.4) is 0 Å². The molecule has 0 aliphatic carbocycles. The minimum absolute atomic E-state index is 0.0675. The molecule has 0 bridgehead atoms. The zero-order chi connectivity index (χ0) is 15.1. The average molecular weight is 276 g/mol. The van der Waals surface area contributed by atoms with E-state index in [-0.39, 0.29) is 12.5 Å². The molecule has 1 atom stereocenters. The van der Waals surface area contributed by atoms with Crippen molar-refractivity contribution in [2.45, 2.75) is 19.9 Å². The van der Waals surface area contributed by atoms with Crippen LogP contribution in [0.1, 0.15) is 18.1 Å². The Morgan fingerprint density at radius 2 is 2.15 bits per heavy atom. The van der Waals surface area contributed by atoms with Crippen molar-refractivity contribution >= 4 is 11.9 Å². The number of nitrogens with zero attached hydrogens (tertiary/aromatic N) is 1. The SMILES string of the molecule is COC(=O)C(COc1cc(C#N)ccc1C)NC(C)=O. The zero-order valence-electron chi connectivity index (χ0n) is 11.6. The number of aryl methyl sites for hydroxylation is 1. The summed E-state index contributed by atoms with van der Waals surface area (Å²) < 4.78 is 10.1.